The minimum absolute atomic E-state index is 0.145. The second-order valence-corrected chi connectivity index (χ2v) is 2.31. The lowest BCUT2D eigenvalue weighted by Crippen LogP contribution is -1.92. The lowest BCUT2D eigenvalue weighted by atomic mass is 10.4. The summed E-state index contributed by atoms with van der Waals surface area (Å²) in [4.78, 5) is 3.76. The molecule has 12 heavy (non-hydrogen) atoms. The molecule has 2 aromatic heterocycles. The maximum absolute atomic E-state index is 5.31. The predicted molar refractivity (Wildman–Crippen MR) is 40.9 cm³/mol. The van der Waals surface area contributed by atoms with E-state index in [-0.39, 0.29) is 6.01 Å². The molecule has 0 aliphatic carbocycles. The summed E-state index contributed by atoms with van der Waals surface area (Å²) in [6, 6.07) is 0.145. The van der Waals surface area contributed by atoms with Crippen LogP contribution in [0.1, 0.15) is 0 Å². The van der Waals surface area contributed by atoms with Crippen molar-refractivity contribution in [1.82, 2.24) is 20.0 Å². The van der Waals surface area contributed by atoms with Gasteiger partial charge in [-0.25, -0.2) is 9.67 Å². The minimum Gasteiger partial charge on any atom is -0.422 e. The fourth-order valence-corrected chi connectivity index (χ4v) is 0.919. The van der Waals surface area contributed by atoms with Crippen molar-refractivity contribution in [1.29, 1.82) is 0 Å². The molecule has 0 aliphatic rings. The number of hydrogen-bond donors (Lipinski definition) is 1. The monoisotopic (exact) mass is 165 g/mol. The van der Waals surface area contributed by atoms with Crippen LogP contribution in [0.3, 0.4) is 0 Å². The molecule has 0 fully saturated rings. The van der Waals surface area contributed by atoms with Gasteiger partial charge in [-0.3, -0.25) is 0 Å². The third-order valence-corrected chi connectivity index (χ3v) is 1.49. The van der Waals surface area contributed by atoms with Gasteiger partial charge in [-0.1, -0.05) is 5.21 Å². The van der Waals surface area contributed by atoms with Crippen LogP contribution in [0.5, 0.6) is 0 Å². The van der Waals surface area contributed by atoms with Crippen LogP contribution in [0.2, 0.25) is 0 Å². The summed E-state index contributed by atoms with van der Waals surface area (Å²) in [5, 5.41) is 7.43. The summed E-state index contributed by atoms with van der Waals surface area (Å²) in [5.74, 6) is 0.569. The van der Waals surface area contributed by atoms with Crippen LogP contribution in [-0.2, 0) is 7.05 Å². The Morgan fingerprint density at radius 1 is 1.50 bits per heavy atom. The molecule has 0 spiro atoms. The lowest BCUT2D eigenvalue weighted by molar-refractivity contribution is 0.584. The van der Waals surface area contributed by atoms with Crippen LogP contribution in [0.15, 0.2) is 16.8 Å². The van der Waals surface area contributed by atoms with Gasteiger partial charge in [0.15, 0.2) is 5.76 Å². The van der Waals surface area contributed by atoms with Gasteiger partial charge in [-0.05, 0) is 0 Å². The number of aromatic nitrogens is 4. The van der Waals surface area contributed by atoms with Crippen LogP contribution in [0, 0.1) is 0 Å². The average Bonchev–Trinajstić information content (AvgIpc) is 2.58. The number of hydrogen-bond acceptors (Lipinski definition) is 5. The van der Waals surface area contributed by atoms with Gasteiger partial charge in [-0.2, -0.15) is 0 Å². The largest absolute Gasteiger partial charge is 0.422 e. The highest BCUT2D eigenvalue weighted by Crippen LogP contribution is 2.18. The third kappa shape index (κ3) is 0.931. The van der Waals surface area contributed by atoms with Crippen LogP contribution >= 0.6 is 0 Å². The van der Waals surface area contributed by atoms with E-state index in [4.69, 9.17) is 10.2 Å². The Balaban J connectivity index is 2.50. The van der Waals surface area contributed by atoms with E-state index in [0.29, 0.717) is 5.76 Å². The van der Waals surface area contributed by atoms with E-state index in [1.807, 2.05) is 0 Å². The van der Waals surface area contributed by atoms with Gasteiger partial charge in [0, 0.05) is 7.05 Å². The maximum atomic E-state index is 5.31. The molecule has 0 aliphatic heterocycles. The molecule has 2 N–H and O–H groups in total. The Bertz CT molecular complexity index is 390. The molecule has 0 saturated heterocycles. The summed E-state index contributed by atoms with van der Waals surface area (Å²) < 4.78 is 6.66. The molecule has 0 unspecified atom stereocenters. The molecular weight excluding hydrogens is 158 g/mol. The Labute approximate surface area is 68.0 Å². The van der Waals surface area contributed by atoms with Crippen LogP contribution in [0.4, 0.5) is 6.01 Å². The summed E-state index contributed by atoms with van der Waals surface area (Å²) in [7, 11) is 1.76. The highest BCUT2D eigenvalue weighted by molar-refractivity contribution is 5.50. The Morgan fingerprint density at radius 2 is 2.33 bits per heavy atom. The topological polar surface area (TPSA) is 82.8 Å². The van der Waals surface area contributed by atoms with E-state index in [1.165, 1.54) is 6.20 Å². The van der Waals surface area contributed by atoms with Crippen molar-refractivity contribution in [2.24, 2.45) is 7.05 Å². The lowest BCUT2D eigenvalue weighted by Gasteiger charge is -1.92. The van der Waals surface area contributed by atoms with Crippen molar-refractivity contribution in [2.45, 2.75) is 0 Å². The first-order valence-electron chi connectivity index (χ1n) is 3.34. The van der Waals surface area contributed by atoms with E-state index < -0.39 is 0 Å². The molecule has 6 heteroatoms. The van der Waals surface area contributed by atoms with E-state index in [9.17, 15) is 0 Å². The fourth-order valence-electron chi connectivity index (χ4n) is 0.919. The number of nitrogens with zero attached hydrogens (tertiary/aromatic N) is 4. The summed E-state index contributed by atoms with van der Waals surface area (Å²) >= 11 is 0. The third-order valence-electron chi connectivity index (χ3n) is 1.49. The van der Waals surface area contributed by atoms with Gasteiger partial charge >= 0.3 is 0 Å². The maximum Gasteiger partial charge on any atom is 0.292 e. The van der Waals surface area contributed by atoms with Gasteiger partial charge < -0.3 is 10.2 Å². The van der Waals surface area contributed by atoms with Crippen LogP contribution in [-0.4, -0.2) is 20.0 Å². The molecule has 0 atom stereocenters. The van der Waals surface area contributed by atoms with Crippen LogP contribution < -0.4 is 5.73 Å². The number of nitrogen functional groups attached to an aromatic ring is 1. The minimum atomic E-state index is 0.145. The smallest absolute Gasteiger partial charge is 0.292 e. The van der Waals surface area contributed by atoms with E-state index >= 15 is 0 Å². The van der Waals surface area contributed by atoms with Crippen LogP contribution in [0.25, 0.3) is 11.5 Å². The first kappa shape index (κ1) is 6.84. The number of anilines is 1. The highest BCUT2D eigenvalue weighted by atomic mass is 16.4. The quantitative estimate of drug-likeness (QED) is 0.645. The zero-order valence-corrected chi connectivity index (χ0v) is 6.43. The second kappa shape index (κ2) is 2.33. The molecule has 0 amide bonds. The Hall–Kier alpha value is -1.85. The van der Waals surface area contributed by atoms with Crippen molar-refractivity contribution in [3.8, 4) is 11.5 Å². The van der Waals surface area contributed by atoms with Gasteiger partial charge in [0.05, 0.1) is 12.4 Å². The molecule has 2 aromatic rings. The molecule has 2 heterocycles. The molecule has 0 saturated carbocycles. The molecule has 62 valence electrons. The van der Waals surface area contributed by atoms with Crippen molar-refractivity contribution >= 4 is 6.01 Å². The Kier molecular flexibility index (Phi) is 1.33. The van der Waals surface area contributed by atoms with Gasteiger partial charge in [0.1, 0.15) is 5.69 Å². The number of rotatable bonds is 1. The standard InChI is InChI=1S/C6H7N5O/c1-11-4(2-9-10-11)5-3-8-6(7)12-5/h2-3H,1H3,(H2,7,8). The van der Waals surface area contributed by atoms with Crippen molar-refractivity contribution < 1.29 is 4.42 Å². The summed E-state index contributed by atoms with van der Waals surface area (Å²) in [6.07, 6.45) is 3.12. The number of oxazole rings is 1. The number of aryl methyl sites for hydroxylation is 1. The normalized spacial score (nSPS) is 10.4. The van der Waals surface area contributed by atoms with Crippen molar-refractivity contribution in [2.75, 3.05) is 5.73 Å². The Morgan fingerprint density at radius 3 is 2.83 bits per heavy atom. The second-order valence-electron chi connectivity index (χ2n) is 2.31. The highest BCUT2D eigenvalue weighted by Gasteiger charge is 2.07. The molecule has 6 nitrogen and oxygen atoms in total. The predicted octanol–water partition coefficient (Wildman–Crippen LogP) is 0.0523. The molecule has 2 rings (SSSR count). The van der Waals surface area contributed by atoms with Gasteiger partial charge in [0.2, 0.25) is 0 Å². The zero-order chi connectivity index (χ0) is 8.55. The van der Waals surface area contributed by atoms with Crippen molar-refractivity contribution in [3.05, 3.63) is 12.4 Å². The van der Waals surface area contributed by atoms with Gasteiger partial charge in [-0.15, -0.1) is 5.10 Å². The van der Waals surface area contributed by atoms with E-state index in [1.54, 1.807) is 17.9 Å². The molecular formula is C6H7N5O. The molecule has 0 radical (unpaired) electrons. The average molecular weight is 165 g/mol. The SMILES string of the molecule is Cn1nncc1-c1cnc(N)o1. The summed E-state index contributed by atoms with van der Waals surface area (Å²) in [6.45, 7) is 0. The first-order chi connectivity index (χ1) is 5.77. The first-order valence-corrected chi connectivity index (χ1v) is 3.34. The fraction of sp³-hybridized carbons (Fsp3) is 0.167. The number of nitrogens with two attached hydrogens (primary N) is 1. The van der Waals surface area contributed by atoms with Gasteiger partial charge in [0.25, 0.3) is 6.01 Å². The van der Waals surface area contributed by atoms with E-state index in [2.05, 4.69) is 15.3 Å². The zero-order valence-electron chi connectivity index (χ0n) is 6.43. The molecule has 0 bridgehead atoms. The van der Waals surface area contributed by atoms with E-state index in [0.717, 1.165) is 5.69 Å². The molecule has 0 aromatic carbocycles. The van der Waals surface area contributed by atoms with Crippen molar-refractivity contribution in [3.63, 3.8) is 0 Å². The summed E-state index contributed by atoms with van der Waals surface area (Å²) in [5.41, 5.74) is 6.06.